The average Bonchev–Trinajstić information content (AvgIpc) is 3.65. The third-order valence-corrected chi connectivity index (χ3v) is 10.6. The van der Waals surface area contributed by atoms with Gasteiger partial charge in [0.15, 0.2) is 0 Å². The van der Waals surface area contributed by atoms with Crippen LogP contribution in [0, 0.1) is 0 Å². The first kappa shape index (κ1) is 27.5. The topological polar surface area (TPSA) is 84.7 Å². The number of anilines is 1. The lowest BCUT2D eigenvalue weighted by Gasteiger charge is -2.35. The monoisotopic (exact) mass is 602 g/mol. The van der Waals surface area contributed by atoms with Crippen molar-refractivity contribution in [3.8, 4) is 11.4 Å². The molecule has 0 bridgehead atoms. The molecule has 0 radical (unpaired) electrons. The van der Waals surface area contributed by atoms with Gasteiger partial charge in [-0.2, -0.15) is 27.3 Å². The number of benzene rings is 2. The Morgan fingerprint density at radius 1 is 0.902 bits per heavy atom. The smallest absolute Gasteiger partial charge is 0.416 e. The maximum Gasteiger partial charge on any atom is 0.416 e. The average molecular weight is 603 g/mol. The summed E-state index contributed by atoms with van der Waals surface area (Å²) in [4.78, 5) is 15.6. The first-order valence-electron chi connectivity index (χ1n) is 12.9. The van der Waals surface area contributed by atoms with Gasteiger partial charge in [-0.25, -0.2) is 8.42 Å². The Morgan fingerprint density at radius 3 is 2.15 bits per heavy atom. The molecular formula is C28H25F3N4O4S2. The third kappa shape index (κ3) is 5.36. The highest BCUT2D eigenvalue weighted by molar-refractivity contribution is 7.91. The van der Waals surface area contributed by atoms with Crippen LogP contribution in [-0.2, 0) is 29.0 Å². The highest BCUT2D eigenvalue weighted by atomic mass is 32.2. The lowest BCUT2D eigenvalue weighted by atomic mass is 10.1. The van der Waals surface area contributed by atoms with Crippen molar-refractivity contribution in [3.05, 3.63) is 99.3 Å². The van der Waals surface area contributed by atoms with E-state index >= 15 is 0 Å². The molecule has 0 saturated carbocycles. The Morgan fingerprint density at radius 2 is 1.56 bits per heavy atom. The summed E-state index contributed by atoms with van der Waals surface area (Å²) in [7, 11) is -3.62. The van der Waals surface area contributed by atoms with Crippen LogP contribution >= 0.6 is 11.3 Å². The van der Waals surface area contributed by atoms with Gasteiger partial charge in [-0.05, 0) is 46.8 Å². The number of piperazine rings is 1. The Kier molecular flexibility index (Phi) is 7.12. The second-order valence-electron chi connectivity index (χ2n) is 9.86. The van der Waals surface area contributed by atoms with Crippen LogP contribution in [0.5, 0.6) is 5.75 Å². The zero-order chi connectivity index (χ0) is 28.8. The van der Waals surface area contributed by atoms with Gasteiger partial charge in [0.2, 0.25) is 5.75 Å². The largest absolute Gasteiger partial charge is 0.482 e. The molecule has 1 aliphatic heterocycles. The molecule has 2 aromatic heterocycles. The van der Waals surface area contributed by atoms with E-state index in [9.17, 15) is 26.4 Å². The van der Waals surface area contributed by atoms with E-state index in [4.69, 9.17) is 4.74 Å². The highest BCUT2D eigenvalue weighted by Crippen LogP contribution is 2.32. The molecule has 1 aliphatic carbocycles. The second-order valence-corrected chi connectivity index (χ2v) is 13.0. The normalized spacial score (nSPS) is 16.6. The maximum absolute atomic E-state index is 13.8. The van der Waals surface area contributed by atoms with Gasteiger partial charge in [0.25, 0.3) is 10.0 Å². The van der Waals surface area contributed by atoms with Crippen LogP contribution in [0.1, 0.15) is 16.7 Å². The number of fused-ring (bicyclic) bond motifs is 1. The van der Waals surface area contributed by atoms with Crippen LogP contribution in [0.4, 0.5) is 18.9 Å². The number of aromatic nitrogens is 2. The fourth-order valence-electron chi connectivity index (χ4n) is 5.22. The quantitative estimate of drug-likeness (QED) is 0.326. The zero-order valence-electron chi connectivity index (χ0n) is 21.6. The Hall–Kier alpha value is -3.68. The number of thiophene rings is 1. The van der Waals surface area contributed by atoms with Gasteiger partial charge >= 0.3 is 11.7 Å². The predicted molar refractivity (Wildman–Crippen MR) is 148 cm³/mol. The Balaban J connectivity index is 1.31. The minimum Gasteiger partial charge on any atom is -0.482 e. The number of halogens is 3. The molecule has 13 heteroatoms. The molecule has 6 rings (SSSR count). The number of hydrogen-bond donors (Lipinski definition) is 0. The van der Waals surface area contributed by atoms with Gasteiger partial charge in [0.1, 0.15) is 16.0 Å². The van der Waals surface area contributed by atoms with Gasteiger partial charge in [-0.1, -0.05) is 30.3 Å². The first-order valence-corrected chi connectivity index (χ1v) is 15.3. The van der Waals surface area contributed by atoms with E-state index < -0.39 is 27.3 Å². The van der Waals surface area contributed by atoms with Gasteiger partial charge < -0.3 is 9.64 Å². The van der Waals surface area contributed by atoms with Gasteiger partial charge in [0, 0.05) is 39.0 Å². The molecule has 1 saturated heterocycles. The van der Waals surface area contributed by atoms with Crippen molar-refractivity contribution in [2.45, 2.75) is 29.3 Å². The van der Waals surface area contributed by atoms with E-state index in [0.29, 0.717) is 31.6 Å². The van der Waals surface area contributed by atoms with E-state index in [1.165, 1.54) is 22.6 Å². The number of ether oxygens (including phenoxy) is 1. The van der Waals surface area contributed by atoms with E-state index in [1.54, 1.807) is 17.5 Å². The molecule has 41 heavy (non-hydrogen) atoms. The number of nitrogens with zero attached hydrogens (tertiary/aromatic N) is 4. The van der Waals surface area contributed by atoms with Crippen LogP contribution in [0.25, 0.3) is 5.69 Å². The van der Waals surface area contributed by atoms with Crippen molar-refractivity contribution >= 4 is 27.0 Å². The molecule has 0 spiro atoms. The summed E-state index contributed by atoms with van der Waals surface area (Å²) in [6.07, 6.45) is -2.16. The van der Waals surface area contributed by atoms with Crippen LogP contribution in [0.2, 0.25) is 0 Å². The summed E-state index contributed by atoms with van der Waals surface area (Å²) in [5, 5.41) is 5.98. The molecule has 3 heterocycles. The fraction of sp³-hybridized carbons (Fsp3) is 0.286. The summed E-state index contributed by atoms with van der Waals surface area (Å²) in [6, 6.07) is 15.4. The minimum atomic E-state index is -4.51. The Bertz CT molecular complexity index is 1690. The minimum absolute atomic E-state index is 0.0345. The molecule has 0 amide bonds. The summed E-state index contributed by atoms with van der Waals surface area (Å²) in [5.74, 6) is 0.0345. The molecule has 4 aromatic rings. The van der Waals surface area contributed by atoms with Gasteiger partial charge in [0.05, 0.1) is 17.4 Å². The van der Waals surface area contributed by atoms with E-state index in [0.717, 1.165) is 39.3 Å². The SMILES string of the molecule is O=c1c(OC2Cc3ccccc3C2)c(N2CCN(S(=O)(=O)c3cccs3)CC2)cnn1-c1ccc(C(F)(F)F)cc1. The molecule has 214 valence electrons. The van der Waals surface area contributed by atoms with Crippen molar-refractivity contribution < 1.29 is 26.3 Å². The van der Waals surface area contributed by atoms with Crippen LogP contribution in [0.15, 0.2) is 81.2 Å². The van der Waals surface area contributed by atoms with Gasteiger partial charge in [-0.15, -0.1) is 11.3 Å². The summed E-state index contributed by atoms with van der Waals surface area (Å²) < 4.78 is 74.3. The lowest BCUT2D eigenvalue weighted by molar-refractivity contribution is -0.137. The van der Waals surface area contributed by atoms with E-state index in [-0.39, 0.29) is 34.8 Å². The standard InChI is InChI=1S/C28H25F3N4O4S2/c29-28(30,31)21-7-9-22(10-8-21)35-27(36)26(39-23-16-19-4-1-2-5-20(19)17-23)24(18-32-35)33-11-13-34(14-12-33)41(37,38)25-6-3-15-40-25/h1-10,15,18,23H,11-14,16-17H2. The summed E-state index contributed by atoms with van der Waals surface area (Å²) in [6.45, 7) is 1.02. The lowest BCUT2D eigenvalue weighted by Crippen LogP contribution is -2.49. The zero-order valence-corrected chi connectivity index (χ0v) is 23.3. The molecule has 0 unspecified atom stereocenters. The fourth-order valence-corrected chi connectivity index (χ4v) is 7.78. The molecule has 0 atom stereocenters. The highest BCUT2D eigenvalue weighted by Gasteiger charge is 2.33. The molecule has 0 N–H and O–H groups in total. The summed E-state index contributed by atoms with van der Waals surface area (Å²) in [5.41, 5.74) is 1.41. The van der Waals surface area contributed by atoms with Crippen molar-refractivity contribution in [1.82, 2.24) is 14.1 Å². The van der Waals surface area contributed by atoms with Crippen molar-refractivity contribution in [2.75, 3.05) is 31.1 Å². The van der Waals surface area contributed by atoms with E-state index in [1.807, 2.05) is 29.2 Å². The molecule has 2 aromatic carbocycles. The van der Waals surface area contributed by atoms with Gasteiger partial charge in [-0.3, -0.25) is 4.79 Å². The number of alkyl halides is 3. The van der Waals surface area contributed by atoms with E-state index in [2.05, 4.69) is 5.10 Å². The molecule has 1 fully saturated rings. The molecular weight excluding hydrogens is 577 g/mol. The van der Waals surface area contributed by atoms with Crippen LogP contribution in [-0.4, -0.2) is 54.8 Å². The number of sulfonamides is 1. The second kappa shape index (κ2) is 10.6. The maximum atomic E-state index is 13.8. The third-order valence-electron chi connectivity index (χ3n) is 7.32. The van der Waals surface area contributed by atoms with Crippen LogP contribution < -0.4 is 15.2 Å². The first-order chi connectivity index (χ1) is 19.6. The van der Waals surface area contributed by atoms with Crippen molar-refractivity contribution in [1.29, 1.82) is 0 Å². The predicted octanol–water partition coefficient (Wildman–Crippen LogP) is 4.37. The number of hydrogen-bond acceptors (Lipinski definition) is 7. The Labute approximate surface area is 238 Å². The van der Waals surface area contributed by atoms with Crippen molar-refractivity contribution in [3.63, 3.8) is 0 Å². The van der Waals surface area contributed by atoms with Crippen LogP contribution in [0.3, 0.4) is 0 Å². The number of rotatable bonds is 6. The van der Waals surface area contributed by atoms with Crippen molar-refractivity contribution in [2.24, 2.45) is 0 Å². The summed E-state index contributed by atoms with van der Waals surface area (Å²) >= 11 is 1.16. The molecule has 2 aliphatic rings. The molecule has 8 nitrogen and oxygen atoms in total.